The molecule has 24 heavy (non-hydrogen) atoms. The van der Waals surface area contributed by atoms with Gasteiger partial charge in [-0.05, 0) is 23.8 Å². The summed E-state index contributed by atoms with van der Waals surface area (Å²) in [6, 6.07) is 9.02. The van der Waals surface area contributed by atoms with Crippen LogP contribution in [0.25, 0.3) is 0 Å². The highest BCUT2D eigenvalue weighted by Gasteiger charge is 2.19. The molecule has 0 bridgehead atoms. The van der Waals surface area contributed by atoms with Crippen LogP contribution in [0.15, 0.2) is 42.5 Å². The predicted molar refractivity (Wildman–Crippen MR) is 80.2 cm³/mol. The topological polar surface area (TPSA) is 108 Å². The first-order valence-electron chi connectivity index (χ1n) is 6.57. The summed E-state index contributed by atoms with van der Waals surface area (Å²) in [5.41, 5.74) is -0.240. The Kier molecular flexibility index (Phi) is 5.20. The molecule has 0 saturated heterocycles. The Hall–Kier alpha value is -3.30. The van der Waals surface area contributed by atoms with Crippen LogP contribution >= 0.6 is 0 Å². The van der Waals surface area contributed by atoms with Gasteiger partial charge in [0, 0.05) is 12.6 Å². The maximum Gasteiger partial charge on any atom is 0.387 e. The lowest BCUT2D eigenvalue weighted by atomic mass is 10.2. The number of halogens is 2. The molecule has 0 aromatic heterocycles. The van der Waals surface area contributed by atoms with Crippen molar-refractivity contribution in [2.75, 3.05) is 5.32 Å². The van der Waals surface area contributed by atoms with Gasteiger partial charge < -0.3 is 10.1 Å². The molecule has 0 amide bonds. The minimum absolute atomic E-state index is 0.0394. The molecule has 0 aliphatic rings. The summed E-state index contributed by atoms with van der Waals surface area (Å²) in [5.74, 6) is -0.0394. The number of non-ortho nitro benzene ring substituents is 1. The minimum Gasteiger partial charge on any atom is -0.435 e. The van der Waals surface area contributed by atoms with Gasteiger partial charge in [0.15, 0.2) is 0 Å². The zero-order valence-electron chi connectivity index (χ0n) is 12.0. The summed E-state index contributed by atoms with van der Waals surface area (Å²) >= 11 is 0. The molecule has 0 spiro atoms. The highest BCUT2D eigenvalue weighted by molar-refractivity contribution is 5.65. The van der Waals surface area contributed by atoms with Crippen LogP contribution in [0.1, 0.15) is 5.56 Å². The minimum atomic E-state index is -2.95. The molecule has 0 atom stereocenters. The zero-order chi connectivity index (χ0) is 17.7. The van der Waals surface area contributed by atoms with Gasteiger partial charge in [0.05, 0.1) is 15.9 Å². The molecule has 0 fully saturated rings. The fraction of sp³-hybridized carbons (Fsp3) is 0.143. The third-order valence-electron chi connectivity index (χ3n) is 3.00. The Balaban J connectivity index is 2.17. The zero-order valence-corrected chi connectivity index (χ0v) is 12.0. The summed E-state index contributed by atoms with van der Waals surface area (Å²) < 4.78 is 28.6. The van der Waals surface area contributed by atoms with Crippen LogP contribution in [0.2, 0.25) is 0 Å². The number of rotatable bonds is 7. The standard InChI is InChI=1S/C14H11F2N3O5/c15-14(16)24-11-3-1-2-9(6-11)8-17-12-5-4-10(18(20)21)7-13(12)19(22)23/h1-7,14,17H,8H2. The molecule has 0 aliphatic carbocycles. The summed E-state index contributed by atoms with van der Waals surface area (Å²) in [7, 11) is 0. The van der Waals surface area contributed by atoms with E-state index in [2.05, 4.69) is 10.1 Å². The SMILES string of the molecule is O=[N+]([O-])c1ccc(NCc2cccc(OC(F)F)c2)c([N+](=O)[O-])c1. The first kappa shape index (κ1) is 17.1. The van der Waals surface area contributed by atoms with Crippen molar-refractivity contribution < 1.29 is 23.4 Å². The van der Waals surface area contributed by atoms with Gasteiger partial charge in [-0.2, -0.15) is 8.78 Å². The second kappa shape index (κ2) is 7.31. The van der Waals surface area contributed by atoms with Gasteiger partial charge in [0.25, 0.3) is 11.4 Å². The number of hydrogen-bond acceptors (Lipinski definition) is 6. The normalized spacial score (nSPS) is 10.5. The van der Waals surface area contributed by atoms with Crippen molar-refractivity contribution in [2.24, 2.45) is 0 Å². The molecule has 2 aromatic carbocycles. The first-order valence-corrected chi connectivity index (χ1v) is 6.57. The fourth-order valence-corrected chi connectivity index (χ4v) is 1.96. The second-order valence-electron chi connectivity index (χ2n) is 4.60. The predicted octanol–water partition coefficient (Wildman–Crippen LogP) is 3.72. The summed E-state index contributed by atoms with van der Waals surface area (Å²) in [5, 5.41) is 24.5. The molecule has 8 nitrogen and oxygen atoms in total. The van der Waals surface area contributed by atoms with E-state index in [-0.39, 0.29) is 18.0 Å². The number of anilines is 1. The van der Waals surface area contributed by atoms with E-state index in [0.29, 0.717) is 5.56 Å². The lowest BCUT2D eigenvalue weighted by Crippen LogP contribution is -2.05. The molecule has 0 aliphatic heterocycles. The molecule has 2 rings (SSSR count). The lowest BCUT2D eigenvalue weighted by Gasteiger charge is -2.09. The summed E-state index contributed by atoms with van der Waals surface area (Å²) in [4.78, 5) is 20.2. The van der Waals surface area contributed by atoms with E-state index in [1.54, 1.807) is 6.07 Å². The van der Waals surface area contributed by atoms with Gasteiger partial charge in [-0.1, -0.05) is 12.1 Å². The van der Waals surface area contributed by atoms with E-state index in [0.717, 1.165) is 12.1 Å². The Morgan fingerprint density at radius 1 is 1.08 bits per heavy atom. The lowest BCUT2D eigenvalue weighted by molar-refractivity contribution is -0.393. The fourth-order valence-electron chi connectivity index (χ4n) is 1.96. The van der Waals surface area contributed by atoms with Crippen LogP contribution in [0.3, 0.4) is 0 Å². The summed E-state index contributed by atoms with van der Waals surface area (Å²) in [6.07, 6.45) is 0. The van der Waals surface area contributed by atoms with Crippen molar-refractivity contribution in [3.8, 4) is 5.75 Å². The molecule has 0 radical (unpaired) electrons. The van der Waals surface area contributed by atoms with Gasteiger partial charge in [0.2, 0.25) is 0 Å². The number of benzene rings is 2. The van der Waals surface area contributed by atoms with Crippen molar-refractivity contribution in [1.29, 1.82) is 0 Å². The van der Waals surface area contributed by atoms with Gasteiger partial charge in [-0.15, -0.1) is 0 Å². The third-order valence-corrected chi connectivity index (χ3v) is 3.00. The molecule has 10 heteroatoms. The largest absolute Gasteiger partial charge is 0.435 e. The van der Waals surface area contributed by atoms with Gasteiger partial charge in [0.1, 0.15) is 11.4 Å². The highest BCUT2D eigenvalue weighted by atomic mass is 19.3. The maximum atomic E-state index is 12.2. The first-order chi connectivity index (χ1) is 11.4. The highest BCUT2D eigenvalue weighted by Crippen LogP contribution is 2.29. The van der Waals surface area contributed by atoms with Gasteiger partial charge in [-0.3, -0.25) is 20.2 Å². The number of nitro benzene ring substituents is 2. The smallest absolute Gasteiger partial charge is 0.387 e. The van der Waals surface area contributed by atoms with E-state index in [1.165, 1.54) is 24.3 Å². The molecular formula is C14H11F2N3O5. The molecule has 0 unspecified atom stereocenters. The summed E-state index contributed by atoms with van der Waals surface area (Å²) in [6.45, 7) is -2.87. The Labute approximate surface area is 134 Å². The molecule has 0 heterocycles. The number of hydrogen-bond donors (Lipinski definition) is 1. The molecule has 2 aromatic rings. The quantitative estimate of drug-likeness (QED) is 0.608. The van der Waals surface area contributed by atoms with Crippen LogP contribution in [0.5, 0.6) is 5.75 Å². The number of nitrogens with zero attached hydrogens (tertiary/aromatic N) is 2. The van der Waals surface area contributed by atoms with E-state index < -0.39 is 27.8 Å². The van der Waals surface area contributed by atoms with Crippen molar-refractivity contribution in [2.45, 2.75) is 13.2 Å². The number of ether oxygens (including phenoxy) is 1. The number of nitrogens with one attached hydrogen (secondary N) is 1. The van der Waals surface area contributed by atoms with Crippen LogP contribution in [-0.4, -0.2) is 16.5 Å². The molecule has 126 valence electrons. The van der Waals surface area contributed by atoms with Crippen molar-refractivity contribution >= 4 is 17.1 Å². The van der Waals surface area contributed by atoms with Crippen LogP contribution in [-0.2, 0) is 6.54 Å². The maximum absolute atomic E-state index is 12.2. The average molecular weight is 339 g/mol. The van der Waals surface area contributed by atoms with Crippen molar-refractivity contribution in [3.05, 3.63) is 68.3 Å². The third kappa shape index (κ3) is 4.35. The molecular weight excluding hydrogens is 328 g/mol. The van der Waals surface area contributed by atoms with Gasteiger partial charge in [-0.25, -0.2) is 0 Å². The monoisotopic (exact) mass is 339 g/mol. The Bertz CT molecular complexity index is 770. The van der Waals surface area contributed by atoms with Crippen LogP contribution in [0.4, 0.5) is 25.8 Å². The average Bonchev–Trinajstić information content (AvgIpc) is 2.52. The Morgan fingerprint density at radius 3 is 2.46 bits per heavy atom. The van der Waals surface area contributed by atoms with E-state index in [1.807, 2.05) is 0 Å². The van der Waals surface area contributed by atoms with Crippen molar-refractivity contribution in [1.82, 2.24) is 0 Å². The van der Waals surface area contributed by atoms with E-state index in [4.69, 9.17) is 0 Å². The van der Waals surface area contributed by atoms with E-state index in [9.17, 15) is 29.0 Å². The number of nitro groups is 2. The van der Waals surface area contributed by atoms with Gasteiger partial charge >= 0.3 is 6.61 Å². The van der Waals surface area contributed by atoms with E-state index >= 15 is 0 Å². The second-order valence-corrected chi connectivity index (χ2v) is 4.60. The van der Waals surface area contributed by atoms with Crippen LogP contribution in [0, 0.1) is 20.2 Å². The van der Waals surface area contributed by atoms with Crippen LogP contribution < -0.4 is 10.1 Å². The van der Waals surface area contributed by atoms with Crippen molar-refractivity contribution in [3.63, 3.8) is 0 Å². The molecule has 0 saturated carbocycles. The Morgan fingerprint density at radius 2 is 1.83 bits per heavy atom. The molecule has 1 N–H and O–H groups in total. The number of alkyl halides is 2.